The van der Waals surface area contributed by atoms with E-state index < -0.39 is 0 Å². The van der Waals surface area contributed by atoms with Crippen LogP contribution >= 0.6 is 0 Å². The predicted molar refractivity (Wildman–Crippen MR) is 134 cm³/mol. The zero-order chi connectivity index (χ0) is 23.8. The third kappa shape index (κ3) is 3.89. The summed E-state index contributed by atoms with van der Waals surface area (Å²) >= 11 is 0. The molecule has 0 aliphatic carbocycles. The zero-order valence-corrected chi connectivity index (χ0v) is 19.6. The molecule has 0 saturated carbocycles. The van der Waals surface area contributed by atoms with Crippen molar-refractivity contribution in [2.45, 2.75) is 12.6 Å². The minimum Gasteiger partial charge on any atom is -0.497 e. The topological polar surface area (TPSA) is 70.5 Å². The zero-order valence-electron chi connectivity index (χ0n) is 19.6. The highest BCUT2D eigenvalue weighted by Crippen LogP contribution is 2.39. The summed E-state index contributed by atoms with van der Waals surface area (Å²) in [4.78, 5) is 29.6. The van der Waals surface area contributed by atoms with E-state index in [4.69, 9.17) is 19.5 Å². The number of morpholine rings is 1. The van der Waals surface area contributed by atoms with Crippen molar-refractivity contribution in [2.24, 2.45) is 4.99 Å². The molecule has 0 spiro atoms. The maximum absolute atomic E-state index is 14.1. The van der Waals surface area contributed by atoms with Gasteiger partial charge in [0.1, 0.15) is 11.4 Å². The Balaban J connectivity index is 1.41. The normalized spacial score (nSPS) is 19.3. The van der Waals surface area contributed by atoms with Crippen LogP contribution in [0.3, 0.4) is 0 Å². The maximum Gasteiger partial charge on any atom is 0.331 e. The first-order valence-electron chi connectivity index (χ1n) is 11.9. The molecule has 0 N–H and O–H groups in total. The summed E-state index contributed by atoms with van der Waals surface area (Å²) in [6.45, 7) is 3.92. The summed E-state index contributed by atoms with van der Waals surface area (Å²) in [7, 11) is 1.65. The number of aliphatic imine (C=N–C) groups is 1. The molecule has 4 heterocycles. The van der Waals surface area contributed by atoms with Gasteiger partial charge in [-0.3, -0.25) is 14.8 Å². The lowest BCUT2D eigenvalue weighted by Crippen LogP contribution is -2.51. The number of amidine groups is 1. The number of hydrogen-bond donors (Lipinski definition) is 0. The van der Waals surface area contributed by atoms with Crippen molar-refractivity contribution in [3.05, 3.63) is 83.7 Å². The number of rotatable bonds is 5. The Kier molecular flexibility index (Phi) is 5.58. The summed E-state index contributed by atoms with van der Waals surface area (Å²) in [5.74, 6) is 1.44. The highest BCUT2D eigenvalue weighted by molar-refractivity contribution is 6.19. The Morgan fingerprint density at radius 1 is 1.06 bits per heavy atom. The number of pyridine rings is 1. The van der Waals surface area contributed by atoms with E-state index in [0.717, 1.165) is 47.0 Å². The molecule has 8 nitrogen and oxygen atoms in total. The van der Waals surface area contributed by atoms with Crippen molar-refractivity contribution in [3.8, 4) is 5.75 Å². The molecule has 6 rings (SSSR count). The van der Waals surface area contributed by atoms with Crippen LogP contribution in [-0.2, 0) is 11.3 Å². The Morgan fingerprint density at radius 2 is 1.83 bits per heavy atom. The number of hydrogen-bond acceptors (Lipinski definition) is 6. The standard InChI is InChI=1S/C27H27N5O3/c1-34-22-9-7-19(8-10-22)18-31-23-15-21(30-11-13-35-14-12-30)16-28-25(23)26-29-17-24(32(26)27(31)33)20-5-3-2-4-6-20/h2-10,15-16,24H,11-14,17-18H2,1H3. The van der Waals surface area contributed by atoms with Crippen LogP contribution in [0.1, 0.15) is 22.9 Å². The van der Waals surface area contributed by atoms with E-state index in [1.54, 1.807) is 7.11 Å². The molecule has 0 bridgehead atoms. The molecule has 1 saturated heterocycles. The van der Waals surface area contributed by atoms with Gasteiger partial charge >= 0.3 is 6.03 Å². The number of ether oxygens (including phenoxy) is 2. The van der Waals surface area contributed by atoms with Gasteiger partial charge in [-0.15, -0.1) is 0 Å². The molecule has 3 aliphatic heterocycles. The lowest BCUT2D eigenvalue weighted by molar-refractivity contribution is 0.122. The fourth-order valence-corrected chi connectivity index (χ4v) is 4.94. The van der Waals surface area contributed by atoms with Gasteiger partial charge in [0, 0.05) is 13.1 Å². The van der Waals surface area contributed by atoms with Gasteiger partial charge in [-0.2, -0.15) is 0 Å². The molecule has 178 valence electrons. The molecule has 1 fully saturated rings. The number of amides is 2. The van der Waals surface area contributed by atoms with E-state index in [2.05, 4.69) is 23.1 Å². The highest BCUT2D eigenvalue weighted by atomic mass is 16.5. The largest absolute Gasteiger partial charge is 0.497 e. The predicted octanol–water partition coefficient (Wildman–Crippen LogP) is 3.87. The third-order valence-electron chi connectivity index (χ3n) is 6.81. The van der Waals surface area contributed by atoms with Gasteiger partial charge in [-0.05, 0) is 29.3 Å². The number of benzene rings is 2. The van der Waals surface area contributed by atoms with Crippen molar-refractivity contribution >= 4 is 23.2 Å². The summed E-state index contributed by atoms with van der Waals surface area (Å²) in [6, 6.07) is 19.7. The molecule has 0 radical (unpaired) electrons. The fraction of sp³-hybridized carbons (Fsp3) is 0.296. The minimum atomic E-state index is -0.147. The highest BCUT2D eigenvalue weighted by Gasteiger charge is 2.44. The second kappa shape index (κ2) is 9.03. The first-order valence-corrected chi connectivity index (χ1v) is 11.9. The van der Waals surface area contributed by atoms with Crippen molar-refractivity contribution in [1.29, 1.82) is 0 Å². The van der Waals surface area contributed by atoms with Crippen LogP contribution in [0.4, 0.5) is 16.2 Å². The second-order valence-corrected chi connectivity index (χ2v) is 8.84. The number of carbonyl (C=O) groups excluding carboxylic acids is 1. The first kappa shape index (κ1) is 21.6. The lowest BCUT2D eigenvalue weighted by atomic mass is 10.0. The van der Waals surface area contributed by atoms with Crippen molar-refractivity contribution in [2.75, 3.05) is 49.8 Å². The number of anilines is 2. The average molecular weight is 470 g/mol. The van der Waals surface area contributed by atoms with Gasteiger partial charge < -0.3 is 14.4 Å². The Bertz CT molecular complexity index is 1260. The summed E-state index contributed by atoms with van der Waals surface area (Å²) in [6.07, 6.45) is 1.89. The monoisotopic (exact) mass is 469 g/mol. The van der Waals surface area contributed by atoms with Gasteiger partial charge in [0.05, 0.1) is 57.0 Å². The molecular formula is C27H27N5O3. The van der Waals surface area contributed by atoms with Crippen LogP contribution in [-0.4, -0.2) is 61.7 Å². The minimum absolute atomic E-state index is 0.0839. The van der Waals surface area contributed by atoms with Gasteiger partial charge in [0.2, 0.25) is 0 Å². The van der Waals surface area contributed by atoms with Crippen LogP contribution in [0.2, 0.25) is 0 Å². The molecule has 2 amide bonds. The number of methoxy groups -OCH3 is 1. The van der Waals surface area contributed by atoms with Crippen molar-refractivity contribution in [3.63, 3.8) is 0 Å². The van der Waals surface area contributed by atoms with E-state index in [1.807, 2.05) is 58.5 Å². The Hall–Kier alpha value is -3.91. The van der Waals surface area contributed by atoms with Gasteiger partial charge in [0.25, 0.3) is 0 Å². The number of nitrogens with zero attached hydrogens (tertiary/aromatic N) is 5. The van der Waals surface area contributed by atoms with Gasteiger partial charge in [-0.25, -0.2) is 9.78 Å². The molecule has 2 aromatic carbocycles. The van der Waals surface area contributed by atoms with E-state index >= 15 is 0 Å². The van der Waals surface area contributed by atoms with E-state index in [-0.39, 0.29) is 12.1 Å². The molecule has 3 aromatic rings. The molecule has 8 heteroatoms. The van der Waals surface area contributed by atoms with Crippen LogP contribution in [0, 0.1) is 0 Å². The smallest absolute Gasteiger partial charge is 0.331 e. The van der Waals surface area contributed by atoms with Gasteiger partial charge in [-0.1, -0.05) is 42.5 Å². The number of urea groups is 1. The van der Waals surface area contributed by atoms with Crippen molar-refractivity contribution < 1.29 is 14.3 Å². The summed E-state index contributed by atoms with van der Waals surface area (Å²) in [5, 5.41) is 0. The first-order chi connectivity index (χ1) is 17.2. The molecule has 1 aromatic heterocycles. The molecule has 3 aliphatic rings. The Labute approximate surface area is 204 Å². The number of carbonyl (C=O) groups is 1. The third-order valence-corrected chi connectivity index (χ3v) is 6.81. The van der Waals surface area contributed by atoms with E-state index in [0.29, 0.717) is 32.1 Å². The van der Waals surface area contributed by atoms with E-state index in [9.17, 15) is 4.79 Å². The number of fused-ring (bicyclic) bond motifs is 3. The van der Waals surface area contributed by atoms with E-state index in [1.165, 1.54) is 0 Å². The van der Waals surface area contributed by atoms with Crippen LogP contribution in [0.5, 0.6) is 5.75 Å². The van der Waals surface area contributed by atoms with Gasteiger partial charge in [0.15, 0.2) is 5.84 Å². The molecule has 35 heavy (non-hydrogen) atoms. The van der Waals surface area contributed by atoms with Crippen molar-refractivity contribution in [1.82, 2.24) is 9.88 Å². The van der Waals surface area contributed by atoms with Crippen LogP contribution < -0.4 is 14.5 Å². The molecule has 1 atom stereocenters. The number of aromatic nitrogens is 1. The molecular weight excluding hydrogens is 442 g/mol. The fourth-order valence-electron chi connectivity index (χ4n) is 4.94. The SMILES string of the molecule is COc1ccc(CN2C(=O)N3C(=NCC3c3ccccc3)c3ncc(N4CCOCC4)cc32)cc1. The average Bonchev–Trinajstić information content (AvgIpc) is 3.38. The Morgan fingerprint density at radius 3 is 2.57 bits per heavy atom. The quantitative estimate of drug-likeness (QED) is 0.567. The maximum atomic E-state index is 14.1. The second-order valence-electron chi connectivity index (χ2n) is 8.84. The van der Waals surface area contributed by atoms with Crippen LogP contribution in [0.15, 0.2) is 71.9 Å². The summed E-state index contributed by atoms with van der Waals surface area (Å²) in [5.41, 5.74) is 4.61. The molecule has 1 unspecified atom stereocenters. The van der Waals surface area contributed by atoms with Crippen LogP contribution in [0.25, 0.3) is 0 Å². The lowest BCUT2D eigenvalue weighted by Gasteiger charge is -2.38. The summed E-state index contributed by atoms with van der Waals surface area (Å²) < 4.78 is 10.8.